The molecule has 0 unspecified atom stereocenters. The molecule has 0 amide bonds. The van der Waals surface area contributed by atoms with Crippen LogP contribution in [0.2, 0.25) is 0 Å². The largest absolute Gasteiger partial charge is 0.489 e. The molecular weight excluding hydrogens is 242 g/mol. The first kappa shape index (κ1) is 12.1. The molecule has 5 heteroatoms. The van der Waals surface area contributed by atoms with Gasteiger partial charge in [0.2, 0.25) is 6.79 Å². The third-order valence-corrected chi connectivity index (χ3v) is 2.53. The van der Waals surface area contributed by atoms with Crippen LogP contribution in [0, 0.1) is 0 Å². The molecule has 0 radical (unpaired) electrons. The fourth-order valence-corrected chi connectivity index (χ4v) is 1.68. The molecule has 0 saturated carbocycles. The van der Waals surface area contributed by atoms with Crippen LogP contribution in [0.5, 0.6) is 17.2 Å². The molecule has 0 spiro atoms. The van der Waals surface area contributed by atoms with Crippen LogP contribution in [0.3, 0.4) is 0 Å². The van der Waals surface area contributed by atoms with Crippen LogP contribution in [0.4, 0.5) is 0 Å². The van der Waals surface area contributed by atoms with E-state index in [1.165, 1.54) is 5.54 Å². The molecular formula is C12H14ClNO3. The van der Waals surface area contributed by atoms with E-state index in [-0.39, 0.29) is 6.79 Å². The van der Waals surface area contributed by atoms with Crippen molar-refractivity contribution in [3.8, 4) is 17.2 Å². The molecule has 1 heterocycles. The third kappa shape index (κ3) is 2.84. The fraction of sp³-hybridized carbons (Fsp3) is 0.333. The molecule has 0 bridgehead atoms. The second-order valence-electron chi connectivity index (χ2n) is 3.52. The Hall–Kier alpha value is -1.39. The van der Waals surface area contributed by atoms with Crippen molar-refractivity contribution in [3.63, 3.8) is 0 Å². The third-order valence-electron chi connectivity index (χ3n) is 2.35. The first-order valence-corrected chi connectivity index (χ1v) is 5.74. The van der Waals surface area contributed by atoms with E-state index in [4.69, 9.17) is 25.8 Å². The first-order chi connectivity index (χ1) is 8.35. The van der Waals surface area contributed by atoms with E-state index in [0.29, 0.717) is 13.2 Å². The Kier molecular flexibility index (Phi) is 4.12. The molecule has 4 nitrogen and oxygen atoms in total. The molecule has 1 N–H and O–H groups in total. The summed E-state index contributed by atoms with van der Waals surface area (Å²) < 4.78 is 16.2. The summed E-state index contributed by atoms with van der Waals surface area (Å²) in [6.07, 6.45) is 1.73. The summed E-state index contributed by atoms with van der Waals surface area (Å²) in [7, 11) is 1.88. The molecule has 0 atom stereocenters. The molecule has 1 aromatic rings. The van der Waals surface area contributed by atoms with Crippen molar-refractivity contribution in [3.05, 3.63) is 29.3 Å². The number of hydrogen-bond donors (Lipinski definition) is 1. The molecule has 0 fully saturated rings. The van der Waals surface area contributed by atoms with Crippen LogP contribution >= 0.6 is 11.6 Å². The minimum absolute atomic E-state index is 0.263. The Bertz CT molecular complexity index is 420. The Balaban J connectivity index is 2.21. The van der Waals surface area contributed by atoms with Crippen LogP contribution < -0.4 is 19.5 Å². The zero-order chi connectivity index (χ0) is 12.1. The SMILES string of the molecule is CNCc1cc2c(cc1OCC=CCl)OCO2. The van der Waals surface area contributed by atoms with Crippen LogP contribution in [0.15, 0.2) is 23.7 Å². The maximum atomic E-state index is 5.61. The van der Waals surface area contributed by atoms with Gasteiger partial charge in [-0.05, 0) is 19.2 Å². The number of nitrogens with one attached hydrogen (secondary N) is 1. The Labute approximate surface area is 105 Å². The fourth-order valence-electron chi connectivity index (χ4n) is 1.60. The van der Waals surface area contributed by atoms with Gasteiger partial charge in [-0.1, -0.05) is 11.6 Å². The standard InChI is InChI=1S/C12H14ClNO3/c1-14-7-9-5-11-12(17-8-16-11)6-10(9)15-4-2-3-13/h2-3,5-6,14H,4,7-8H2,1H3. The topological polar surface area (TPSA) is 39.7 Å². The number of rotatable bonds is 5. The monoisotopic (exact) mass is 255 g/mol. The van der Waals surface area contributed by atoms with Crippen molar-refractivity contribution in [1.29, 1.82) is 0 Å². The van der Waals surface area contributed by atoms with Crippen LogP contribution in [-0.2, 0) is 6.54 Å². The van der Waals surface area contributed by atoms with Gasteiger partial charge in [0, 0.05) is 23.7 Å². The summed E-state index contributed by atoms with van der Waals surface area (Å²) in [5.41, 5.74) is 2.46. The van der Waals surface area contributed by atoms with E-state index in [2.05, 4.69) is 5.32 Å². The number of fused-ring (bicyclic) bond motifs is 1. The smallest absolute Gasteiger partial charge is 0.231 e. The second-order valence-corrected chi connectivity index (χ2v) is 3.77. The van der Waals surface area contributed by atoms with Crippen molar-refractivity contribution in [2.45, 2.75) is 6.54 Å². The molecule has 0 aromatic heterocycles. The van der Waals surface area contributed by atoms with Gasteiger partial charge in [0.05, 0.1) is 0 Å². The lowest BCUT2D eigenvalue weighted by Gasteiger charge is -2.11. The highest BCUT2D eigenvalue weighted by molar-refractivity contribution is 6.25. The molecule has 1 aliphatic heterocycles. The molecule has 92 valence electrons. The average Bonchev–Trinajstić information content (AvgIpc) is 2.77. The van der Waals surface area contributed by atoms with Crippen LogP contribution in [0.1, 0.15) is 5.56 Å². The van der Waals surface area contributed by atoms with Gasteiger partial charge in [-0.25, -0.2) is 0 Å². The van der Waals surface area contributed by atoms with E-state index in [1.807, 2.05) is 19.2 Å². The van der Waals surface area contributed by atoms with Crippen LogP contribution in [-0.4, -0.2) is 20.4 Å². The minimum atomic E-state index is 0.263. The molecule has 0 aliphatic carbocycles. The molecule has 1 aliphatic rings. The lowest BCUT2D eigenvalue weighted by molar-refractivity contribution is 0.174. The van der Waals surface area contributed by atoms with Gasteiger partial charge < -0.3 is 19.5 Å². The van der Waals surface area contributed by atoms with Crippen molar-refractivity contribution in [2.24, 2.45) is 0 Å². The zero-order valence-corrected chi connectivity index (χ0v) is 10.3. The predicted octanol–water partition coefficient (Wildman–Crippen LogP) is 2.27. The summed E-state index contributed by atoms with van der Waals surface area (Å²) in [6.45, 7) is 1.40. The van der Waals surface area contributed by atoms with Gasteiger partial charge in [-0.2, -0.15) is 0 Å². The highest BCUT2D eigenvalue weighted by Crippen LogP contribution is 2.38. The lowest BCUT2D eigenvalue weighted by atomic mass is 10.1. The molecule has 17 heavy (non-hydrogen) atoms. The summed E-state index contributed by atoms with van der Waals surface area (Å²) in [4.78, 5) is 0. The summed E-state index contributed by atoms with van der Waals surface area (Å²) in [6, 6.07) is 3.77. The molecule has 1 aromatic carbocycles. The van der Waals surface area contributed by atoms with Gasteiger partial charge in [0.1, 0.15) is 12.4 Å². The Morgan fingerprint density at radius 2 is 2.18 bits per heavy atom. The Morgan fingerprint density at radius 1 is 1.41 bits per heavy atom. The molecule has 0 saturated heterocycles. The maximum absolute atomic E-state index is 5.61. The number of halogens is 1. The first-order valence-electron chi connectivity index (χ1n) is 5.30. The van der Waals surface area contributed by atoms with Gasteiger partial charge in [-0.3, -0.25) is 0 Å². The van der Waals surface area contributed by atoms with E-state index >= 15 is 0 Å². The van der Waals surface area contributed by atoms with Crippen molar-refractivity contribution in [2.75, 3.05) is 20.4 Å². The zero-order valence-electron chi connectivity index (χ0n) is 9.53. The quantitative estimate of drug-likeness (QED) is 0.876. The number of hydrogen-bond acceptors (Lipinski definition) is 4. The normalized spacial score (nSPS) is 13.3. The molecule has 2 rings (SSSR count). The summed E-state index contributed by atoms with van der Waals surface area (Å²) >= 11 is 5.44. The van der Waals surface area contributed by atoms with Gasteiger partial charge in [-0.15, -0.1) is 0 Å². The Morgan fingerprint density at radius 3 is 2.88 bits per heavy atom. The lowest BCUT2D eigenvalue weighted by Crippen LogP contribution is -2.07. The van der Waals surface area contributed by atoms with E-state index in [9.17, 15) is 0 Å². The number of benzene rings is 1. The van der Waals surface area contributed by atoms with Gasteiger partial charge in [0.25, 0.3) is 0 Å². The van der Waals surface area contributed by atoms with Gasteiger partial charge >= 0.3 is 0 Å². The maximum Gasteiger partial charge on any atom is 0.231 e. The summed E-state index contributed by atoms with van der Waals surface area (Å²) in [5, 5.41) is 3.09. The number of ether oxygens (including phenoxy) is 3. The highest BCUT2D eigenvalue weighted by Gasteiger charge is 2.17. The van der Waals surface area contributed by atoms with E-state index in [1.54, 1.807) is 6.08 Å². The van der Waals surface area contributed by atoms with Crippen molar-refractivity contribution < 1.29 is 14.2 Å². The van der Waals surface area contributed by atoms with Gasteiger partial charge in [0.15, 0.2) is 11.5 Å². The average molecular weight is 256 g/mol. The van der Waals surface area contributed by atoms with Crippen molar-refractivity contribution >= 4 is 11.6 Å². The highest BCUT2D eigenvalue weighted by atomic mass is 35.5. The van der Waals surface area contributed by atoms with Crippen LogP contribution in [0.25, 0.3) is 0 Å². The predicted molar refractivity (Wildman–Crippen MR) is 65.8 cm³/mol. The summed E-state index contributed by atoms with van der Waals surface area (Å²) in [5.74, 6) is 2.25. The second kappa shape index (κ2) is 5.80. The van der Waals surface area contributed by atoms with E-state index in [0.717, 1.165) is 22.8 Å². The van der Waals surface area contributed by atoms with E-state index < -0.39 is 0 Å². The van der Waals surface area contributed by atoms with Crippen molar-refractivity contribution in [1.82, 2.24) is 5.32 Å². The minimum Gasteiger partial charge on any atom is -0.489 e.